The minimum absolute atomic E-state index is 0.172. The van der Waals surface area contributed by atoms with E-state index in [0.717, 1.165) is 18.2 Å². The minimum atomic E-state index is -1.03. The number of para-hydroxylation sites is 2. The smallest absolute Gasteiger partial charge is 0.329 e. The Labute approximate surface area is 197 Å². The van der Waals surface area contributed by atoms with Crippen LogP contribution in [0.4, 0.5) is 17.1 Å². The van der Waals surface area contributed by atoms with Crippen LogP contribution in [-0.2, 0) is 9.59 Å². The SMILES string of the molecule is COc1ccccc1NC(=O)C(=O)N/N=C/c1cccc(Oc2ccc([N+](=O)[O-])cc2[N+](=O)[O-])c1. The lowest BCUT2D eigenvalue weighted by molar-refractivity contribution is -0.394. The predicted octanol–water partition coefficient (Wildman–Crippen LogP) is 3.39. The number of rotatable bonds is 8. The molecule has 0 radical (unpaired) electrons. The Kier molecular flexibility index (Phi) is 7.64. The Hall–Kier alpha value is -5.33. The van der Waals surface area contributed by atoms with E-state index >= 15 is 0 Å². The summed E-state index contributed by atoms with van der Waals surface area (Å²) in [6, 6.07) is 15.7. The largest absolute Gasteiger partial charge is 0.495 e. The van der Waals surface area contributed by atoms with Gasteiger partial charge in [0.05, 0.1) is 34.9 Å². The van der Waals surface area contributed by atoms with Gasteiger partial charge in [-0.25, -0.2) is 5.43 Å². The van der Waals surface area contributed by atoms with Crippen molar-refractivity contribution in [2.75, 3.05) is 12.4 Å². The number of non-ortho nitro benzene ring substituents is 1. The van der Waals surface area contributed by atoms with Crippen LogP contribution < -0.4 is 20.2 Å². The van der Waals surface area contributed by atoms with Crippen LogP contribution in [0.5, 0.6) is 17.2 Å². The fourth-order valence-corrected chi connectivity index (χ4v) is 2.78. The average molecular weight is 479 g/mol. The maximum Gasteiger partial charge on any atom is 0.329 e. The molecule has 0 aliphatic carbocycles. The maximum absolute atomic E-state index is 12.1. The number of hydrogen-bond acceptors (Lipinski definition) is 9. The number of nitro groups is 2. The van der Waals surface area contributed by atoms with Crippen molar-refractivity contribution in [3.63, 3.8) is 0 Å². The second-order valence-electron chi connectivity index (χ2n) is 6.69. The summed E-state index contributed by atoms with van der Waals surface area (Å²) in [6.07, 6.45) is 1.23. The monoisotopic (exact) mass is 479 g/mol. The van der Waals surface area contributed by atoms with Crippen molar-refractivity contribution >= 4 is 35.1 Å². The van der Waals surface area contributed by atoms with Crippen molar-refractivity contribution in [2.24, 2.45) is 5.10 Å². The van der Waals surface area contributed by atoms with Gasteiger partial charge in [0.2, 0.25) is 5.75 Å². The number of nitro benzene ring substituents is 2. The summed E-state index contributed by atoms with van der Waals surface area (Å²) < 4.78 is 10.6. The van der Waals surface area contributed by atoms with E-state index in [9.17, 15) is 29.8 Å². The molecule has 0 spiro atoms. The quantitative estimate of drug-likeness (QED) is 0.214. The summed E-state index contributed by atoms with van der Waals surface area (Å²) in [5.41, 5.74) is 1.79. The number of hydrazone groups is 1. The zero-order valence-corrected chi connectivity index (χ0v) is 18.0. The third-order valence-electron chi connectivity index (χ3n) is 4.38. The van der Waals surface area contributed by atoms with Gasteiger partial charge in [-0.3, -0.25) is 29.8 Å². The number of anilines is 1. The second kappa shape index (κ2) is 11.0. The summed E-state index contributed by atoms with van der Waals surface area (Å²) in [4.78, 5) is 44.7. The molecule has 0 heterocycles. The lowest BCUT2D eigenvalue weighted by Gasteiger charge is -2.08. The molecule has 13 nitrogen and oxygen atoms in total. The Bertz CT molecular complexity index is 1320. The molecule has 3 rings (SSSR count). The molecule has 178 valence electrons. The van der Waals surface area contributed by atoms with E-state index in [1.165, 1.54) is 25.5 Å². The zero-order chi connectivity index (χ0) is 25.4. The Balaban J connectivity index is 1.66. The van der Waals surface area contributed by atoms with Crippen molar-refractivity contribution in [1.29, 1.82) is 0 Å². The molecule has 0 aromatic heterocycles. The van der Waals surface area contributed by atoms with Crippen molar-refractivity contribution in [3.05, 3.63) is 92.5 Å². The number of methoxy groups -OCH3 is 1. The summed E-state index contributed by atoms with van der Waals surface area (Å²) in [7, 11) is 1.42. The Morgan fingerprint density at radius 3 is 2.40 bits per heavy atom. The van der Waals surface area contributed by atoms with Crippen LogP contribution in [0.15, 0.2) is 71.8 Å². The molecule has 35 heavy (non-hydrogen) atoms. The zero-order valence-electron chi connectivity index (χ0n) is 18.0. The van der Waals surface area contributed by atoms with Gasteiger partial charge in [-0.15, -0.1) is 0 Å². The molecule has 2 N–H and O–H groups in total. The first kappa shape index (κ1) is 24.3. The molecular weight excluding hydrogens is 462 g/mol. The molecule has 3 aromatic rings. The molecule has 0 bridgehead atoms. The van der Waals surface area contributed by atoms with Crippen LogP contribution in [0.3, 0.4) is 0 Å². The topological polar surface area (TPSA) is 175 Å². The van der Waals surface area contributed by atoms with Gasteiger partial charge in [0, 0.05) is 6.07 Å². The minimum Gasteiger partial charge on any atom is -0.495 e. The number of ether oxygens (including phenoxy) is 2. The van der Waals surface area contributed by atoms with Crippen LogP contribution in [0.2, 0.25) is 0 Å². The molecule has 3 aromatic carbocycles. The predicted molar refractivity (Wildman–Crippen MR) is 124 cm³/mol. The van der Waals surface area contributed by atoms with Gasteiger partial charge in [-0.1, -0.05) is 24.3 Å². The number of hydrogen-bond donors (Lipinski definition) is 2. The molecule has 0 unspecified atom stereocenters. The Morgan fingerprint density at radius 1 is 0.914 bits per heavy atom. The first-order chi connectivity index (χ1) is 16.8. The molecule has 0 saturated heterocycles. The van der Waals surface area contributed by atoms with Crippen molar-refractivity contribution in [3.8, 4) is 17.2 Å². The number of nitrogens with zero attached hydrogens (tertiary/aromatic N) is 3. The van der Waals surface area contributed by atoms with Crippen LogP contribution in [0.1, 0.15) is 5.56 Å². The summed E-state index contributed by atoms with van der Waals surface area (Å²) in [6.45, 7) is 0. The van der Waals surface area contributed by atoms with Crippen LogP contribution in [0.25, 0.3) is 0 Å². The summed E-state index contributed by atoms with van der Waals surface area (Å²) in [5, 5.41) is 28.3. The second-order valence-corrected chi connectivity index (χ2v) is 6.69. The molecule has 0 aliphatic heterocycles. The van der Waals surface area contributed by atoms with Gasteiger partial charge < -0.3 is 14.8 Å². The lowest BCUT2D eigenvalue weighted by Crippen LogP contribution is -2.32. The van der Waals surface area contributed by atoms with E-state index in [1.807, 2.05) is 0 Å². The molecule has 13 heteroatoms. The summed E-state index contributed by atoms with van der Waals surface area (Å²) in [5.74, 6) is -1.64. The van der Waals surface area contributed by atoms with E-state index in [2.05, 4.69) is 15.8 Å². The van der Waals surface area contributed by atoms with Gasteiger partial charge in [0.25, 0.3) is 5.69 Å². The standard InChI is InChI=1S/C22H17N5O8/c1-34-19-8-3-2-7-17(19)24-21(28)22(29)25-23-13-14-5-4-6-16(11-14)35-20-10-9-15(26(30)31)12-18(20)27(32)33/h2-13H,1H3,(H,24,28)(H,25,29)/b23-13+. The van der Waals surface area contributed by atoms with E-state index in [4.69, 9.17) is 9.47 Å². The van der Waals surface area contributed by atoms with E-state index in [0.29, 0.717) is 17.0 Å². The number of benzene rings is 3. The highest BCUT2D eigenvalue weighted by atomic mass is 16.6. The van der Waals surface area contributed by atoms with E-state index in [-0.39, 0.29) is 11.5 Å². The van der Waals surface area contributed by atoms with Crippen LogP contribution in [0, 0.1) is 20.2 Å². The molecule has 2 amide bonds. The number of nitrogens with one attached hydrogen (secondary N) is 2. The fraction of sp³-hybridized carbons (Fsp3) is 0.0455. The van der Waals surface area contributed by atoms with Gasteiger partial charge in [-0.05, 0) is 35.9 Å². The molecule has 0 saturated carbocycles. The lowest BCUT2D eigenvalue weighted by atomic mass is 10.2. The maximum atomic E-state index is 12.1. The van der Waals surface area contributed by atoms with E-state index in [1.54, 1.807) is 36.4 Å². The Morgan fingerprint density at radius 2 is 1.69 bits per heavy atom. The van der Waals surface area contributed by atoms with Gasteiger partial charge >= 0.3 is 17.5 Å². The van der Waals surface area contributed by atoms with Gasteiger partial charge in [-0.2, -0.15) is 5.10 Å². The number of amides is 2. The fourth-order valence-electron chi connectivity index (χ4n) is 2.78. The third kappa shape index (κ3) is 6.35. The normalized spacial score (nSPS) is 10.4. The highest BCUT2D eigenvalue weighted by Gasteiger charge is 2.21. The summed E-state index contributed by atoms with van der Waals surface area (Å²) >= 11 is 0. The van der Waals surface area contributed by atoms with Gasteiger partial charge in [0.1, 0.15) is 11.5 Å². The molecular formula is C22H17N5O8. The van der Waals surface area contributed by atoms with Crippen molar-refractivity contribution in [2.45, 2.75) is 0 Å². The molecule has 0 fully saturated rings. The third-order valence-corrected chi connectivity index (χ3v) is 4.38. The number of carbonyl (C=O) groups is 2. The molecule has 0 aliphatic rings. The first-order valence-corrected chi connectivity index (χ1v) is 9.76. The van der Waals surface area contributed by atoms with E-state index < -0.39 is 33.0 Å². The van der Waals surface area contributed by atoms with Crippen LogP contribution in [-0.4, -0.2) is 35.0 Å². The van der Waals surface area contributed by atoms with Crippen molar-refractivity contribution < 1.29 is 28.9 Å². The number of carbonyl (C=O) groups excluding carboxylic acids is 2. The van der Waals surface area contributed by atoms with Crippen LogP contribution >= 0.6 is 0 Å². The first-order valence-electron chi connectivity index (χ1n) is 9.76. The highest BCUT2D eigenvalue weighted by Crippen LogP contribution is 2.34. The van der Waals surface area contributed by atoms with Gasteiger partial charge in [0.15, 0.2) is 0 Å². The van der Waals surface area contributed by atoms with Crippen molar-refractivity contribution in [1.82, 2.24) is 5.43 Å². The highest BCUT2D eigenvalue weighted by molar-refractivity contribution is 6.39. The molecule has 0 atom stereocenters. The average Bonchev–Trinajstić information content (AvgIpc) is 2.84.